The van der Waals surface area contributed by atoms with E-state index in [0.29, 0.717) is 5.82 Å². The van der Waals surface area contributed by atoms with Crippen molar-refractivity contribution in [2.75, 3.05) is 7.11 Å². The minimum absolute atomic E-state index is 0.0685. The van der Waals surface area contributed by atoms with Crippen molar-refractivity contribution in [2.45, 2.75) is 32.6 Å². The Morgan fingerprint density at radius 1 is 1.32 bits per heavy atom. The third-order valence-corrected chi connectivity index (χ3v) is 5.73. The maximum Gasteiger partial charge on any atom is 0.283 e. The SMILES string of the molecule is COc1cccc(/C=N/n2c(C)nc3sc4c(c3c2=O)CCCC4)c1. The van der Waals surface area contributed by atoms with E-state index >= 15 is 0 Å². The summed E-state index contributed by atoms with van der Waals surface area (Å²) in [5.74, 6) is 1.36. The molecule has 1 aliphatic rings. The average Bonchev–Trinajstić information content (AvgIpc) is 2.99. The van der Waals surface area contributed by atoms with E-state index in [4.69, 9.17) is 4.74 Å². The molecule has 0 saturated heterocycles. The lowest BCUT2D eigenvalue weighted by molar-refractivity contribution is 0.414. The lowest BCUT2D eigenvalue weighted by Gasteiger charge is -2.10. The van der Waals surface area contributed by atoms with E-state index in [-0.39, 0.29) is 5.56 Å². The van der Waals surface area contributed by atoms with E-state index in [1.807, 2.05) is 31.2 Å². The van der Waals surface area contributed by atoms with E-state index in [0.717, 1.165) is 40.8 Å². The predicted octanol–water partition coefficient (Wildman–Crippen LogP) is 3.54. The molecule has 6 heteroatoms. The zero-order chi connectivity index (χ0) is 17.4. The van der Waals surface area contributed by atoms with Crippen LogP contribution in [0.2, 0.25) is 0 Å². The van der Waals surface area contributed by atoms with Gasteiger partial charge in [-0.3, -0.25) is 4.79 Å². The molecule has 3 aromatic rings. The summed E-state index contributed by atoms with van der Waals surface area (Å²) in [6.07, 6.45) is 6.03. The van der Waals surface area contributed by atoms with Crippen LogP contribution in [-0.2, 0) is 12.8 Å². The van der Waals surface area contributed by atoms with E-state index in [2.05, 4.69) is 10.1 Å². The fraction of sp³-hybridized carbons (Fsp3) is 0.316. The molecule has 0 saturated carbocycles. The molecular weight excluding hydrogens is 334 g/mol. The molecule has 4 rings (SSSR count). The van der Waals surface area contributed by atoms with Crippen molar-refractivity contribution in [3.63, 3.8) is 0 Å². The molecular formula is C19H19N3O2S. The first-order valence-electron chi connectivity index (χ1n) is 8.39. The van der Waals surface area contributed by atoms with Crippen molar-refractivity contribution in [3.8, 4) is 5.75 Å². The summed E-state index contributed by atoms with van der Waals surface area (Å²) >= 11 is 1.66. The third-order valence-electron chi connectivity index (χ3n) is 4.54. The molecule has 5 nitrogen and oxygen atoms in total. The Labute approximate surface area is 149 Å². The van der Waals surface area contributed by atoms with Crippen molar-refractivity contribution in [2.24, 2.45) is 5.10 Å². The van der Waals surface area contributed by atoms with Gasteiger partial charge in [0.05, 0.1) is 18.7 Å². The smallest absolute Gasteiger partial charge is 0.283 e. The summed E-state index contributed by atoms with van der Waals surface area (Å²) in [6.45, 7) is 1.82. The van der Waals surface area contributed by atoms with E-state index < -0.39 is 0 Å². The number of methoxy groups -OCH3 is 1. The van der Waals surface area contributed by atoms with Crippen molar-refractivity contribution in [1.82, 2.24) is 9.66 Å². The molecule has 0 N–H and O–H groups in total. The quantitative estimate of drug-likeness (QED) is 0.677. The zero-order valence-corrected chi connectivity index (χ0v) is 15.1. The van der Waals surface area contributed by atoms with Gasteiger partial charge in [0.25, 0.3) is 5.56 Å². The fourth-order valence-electron chi connectivity index (χ4n) is 3.28. The molecule has 128 valence electrons. The minimum Gasteiger partial charge on any atom is -0.497 e. The summed E-state index contributed by atoms with van der Waals surface area (Å²) in [5.41, 5.74) is 1.99. The van der Waals surface area contributed by atoms with Gasteiger partial charge < -0.3 is 4.74 Å². The molecule has 0 radical (unpaired) electrons. The van der Waals surface area contributed by atoms with Crippen LogP contribution in [0.3, 0.4) is 0 Å². The maximum absolute atomic E-state index is 13.0. The topological polar surface area (TPSA) is 56.5 Å². The van der Waals surface area contributed by atoms with Crippen molar-refractivity contribution in [1.29, 1.82) is 0 Å². The molecule has 0 aliphatic heterocycles. The van der Waals surface area contributed by atoms with Crippen LogP contribution in [0.1, 0.15) is 34.7 Å². The van der Waals surface area contributed by atoms with Crippen LogP contribution >= 0.6 is 11.3 Å². The molecule has 2 aromatic heterocycles. The molecule has 25 heavy (non-hydrogen) atoms. The van der Waals surface area contributed by atoms with E-state index in [9.17, 15) is 4.79 Å². The van der Waals surface area contributed by atoms with Gasteiger partial charge in [-0.25, -0.2) is 4.98 Å². The summed E-state index contributed by atoms with van der Waals surface area (Å²) in [7, 11) is 1.63. The van der Waals surface area contributed by atoms with Gasteiger partial charge in [-0.15, -0.1) is 11.3 Å². The van der Waals surface area contributed by atoms with Crippen LogP contribution in [-0.4, -0.2) is 23.0 Å². The normalized spacial score (nSPS) is 14.2. The zero-order valence-electron chi connectivity index (χ0n) is 14.3. The Bertz CT molecular complexity index is 1030. The number of rotatable bonds is 3. The second kappa shape index (κ2) is 6.44. The number of thiophene rings is 1. The molecule has 1 aromatic carbocycles. The highest BCUT2D eigenvalue weighted by molar-refractivity contribution is 7.18. The van der Waals surface area contributed by atoms with Crippen LogP contribution in [0.25, 0.3) is 10.2 Å². The Balaban J connectivity index is 1.81. The molecule has 0 amide bonds. The van der Waals surface area contributed by atoms with Gasteiger partial charge in [-0.2, -0.15) is 9.78 Å². The van der Waals surface area contributed by atoms with Crippen molar-refractivity contribution < 1.29 is 4.74 Å². The third kappa shape index (κ3) is 2.87. The van der Waals surface area contributed by atoms with Gasteiger partial charge in [0.2, 0.25) is 0 Å². The Kier molecular flexibility index (Phi) is 4.13. The number of benzene rings is 1. The van der Waals surface area contributed by atoms with Crippen LogP contribution in [0.5, 0.6) is 5.75 Å². The van der Waals surface area contributed by atoms with Gasteiger partial charge in [0, 0.05) is 4.88 Å². The van der Waals surface area contributed by atoms with Gasteiger partial charge in [-0.1, -0.05) is 12.1 Å². The Hall–Kier alpha value is -2.47. The highest BCUT2D eigenvalue weighted by atomic mass is 32.1. The first-order valence-corrected chi connectivity index (χ1v) is 9.21. The molecule has 0 atom stereocenters. The molecule has 1 aliphatic carbocycles. The standard InChI is InChI=1S/C19H19N3O2S/c1-12-21-18-17(15-8-3-4-9-16(15)25-18)19(23)22(12)20-11-13-6-5-7-14(10-13)24-2/h5-7,10-11H,3-4,8-9H2,1-2H3/b20-11+. The number of hydrogen-bond acceptors (Lipinski definition) is 5. The predicted molar refractivity (Wildman–Crippen MR) is 101 cm³/mol. The number of aryl methyl sites for hydroxylation is 3. The average molecular weight is 353 g/mol. The monoisotopic (exact) mass is 353 g/mol. The summed E-state index contributed by atoms with van der Waals surface area (Å²) in [4.78, 5) is 19.8. The van der Waals surface area contributed by atoms with Gasteiger partial charge in [0.1, 0.15) is 16.4 Å². The first kappa shape index (κ1) is 16.0. The fourth-order valence-corrected chi connectivity index (χ4v) is 4.58. The van der Waals surface area contributed by atoms with Gasteiger partial charge in [-0.05, 0) is 55.9 Å². The molecule has 0 spiro atoms. The van der Waals surface area contributed by atoms with Crippen molar-refractivity contribution in [3.05, 3.63) is 56.4 Å². The Morgan fingerprint density at radius 3 is 3.00 bits per heavy atom. The van der Waals surface area contributed by atoms with Crippen LogP contribution in [0, 0.1) is 6.92 Å². The summed E-state index contributed by atoms with van der Waals surface area (Å²) < 4.78 is 6.63. The maximum atomic E-state index is 13.0. The summed E-state index contributed by atoms with van der Waals surface area (Å²) in [5, 5.41) is 5.15. The lowest BCUT2D eigenvalue weighted by atomic mass is 9.97. The molecule has 0 fully saturated rings. The van der Waals surface area contributed by atoms with Gasteiger partial charge >= 0.3 is 0 Å². The van der Waals surface area contributed by atoms with Gasteiger partial charge in [0.15, 0.2) is 0 Å². The summed E-state index contributed by atoms with van der Waals surface area (Å²) in [6, 6.07) is 7.57. The van der Waals surface area contributed by atoms with E-state index in [1.54, 1.807) is 24.7 Å². The number of ether oxygens (including phenoxy) is 1. The highest BCUT2D eigenvalue weighted by Gasteiger charge is 2.20. The van der Waals surface area contributed by atoms with Crippen LogP contribution in [0.15, 0.2) is 34.2 Å². The second-order valence-corrected chi connectivity index (χ2v) is 7.27. The molecule has 2 heterocycles. The Morgan fingerprint density at radius 2 is 2.16 bits per heavy atom. The molecule has 0 bridgehead atoms. The van der Waals surface area contributed by atoms with Crippen LogP contribution in [0.4, 0.5) is 0 Å². The first-order chi connectivity index (χ1) is 12.2. The van der Waals surface area contributed by atoms with Crippen molar-refractivity contribution >= 4 is 27.8 Å². The highest BCUT2D eigenvalue weighted by Crippen LogP contribution is 2.33. The second-order valence-electron chi connectivity index (χ2n) is 6.19. The largest absolute Gasteiger partial charge is 0.497 e. The number of aromatic nitrogens is 2. The molecule has 0 unspecified atom stereocenters. The lowest BCUT2D eigenvalue weighted by Crippen LogP contribution is -2.21. The number of fused-ring (bicyclic) bond motifs is 3. The minimum atomic E-state index is -0.0685. The van der Waals surface area contributed by atoms with E-state index in [1.165, 1.54) is 21.5 Å². The number of nitrogens with zero attached hydrogens (tertiary/aromatic N) is 3. The number of hydrogen-bond donors (Lipinski definition) is 0. The van der Waals surface area contributed by atoms with Crippen LogP contribution < -0.4 is 10.3 Å².